The van der Waals surface area contributed by atoms with Crippen molar-refractivity contribution in [3.05, 3.63) is 35.5 Å². The van der Waals surface area contributed by atoms with Crippen LogP contribution in [0.3, 0.4) is 0 Å². The maximum atomic E-state index is 5.62. The first-order valence-corrected chi connectivity index (χ1v) is 6.74. The van der Waals surface area contributed by atoms with Gasteiger partial charge in [0, 0.05) is 23.3 Å². The van der Waals surface area contributed by atoms with Crippen LogP contribution in [0.5, 0.6) is 0 Å². The number of pyridine rings is 1. The van der Waals surface area contributed by atoms with Gasteiger partial charge >= 0.3 is 0 Å². The summed E-state index contributed by atoms with van der Waals surface area (Å²) in [6, 6.07) is 8.37. The van der Waals surface area contributed by atoms with Gasteiger partial charge in [-0.3, -0.25) is 4.98 Å². The summed E-state index contributed by atoms with van der Waals surface area (Å²) in [4.78, 5) is 4.81. The van der Waals surface area contributed by atoms with E-state index in [4.69, 9.17) is 12.8 Å². The minimum absolute atomic E-state index is 0.658. The fourth-order valence-electron chi connectivity index (χ4n) is 2.77. The summed E-state index contributed by atoms with van der Waals surface area (Å²) in [5.41, 5.74) is 5.05. The fraction of sp³-hybridized carbons (Fsp3) is 0.400. The van der Waals surface area contributed by atoms with E-state index in [1.165, 1.54) is 35.2 Å². The van der Waals surface area contributed by atoms with Gasteiger partial charge in [-0.15, -0.1) is 0 Å². The van der Waals surface area contributed by atoms with E-state index >= 15 is 0 Å². The van der Waals surface area contributed by atoms with Gasteiger partial charge in [-0.1, -0.05) is 24.5 Å². The lowest BCUT2D eigenvalue weighted by molar-refractivity contribution is 0.672. The molecule has 0 bridgehead atoms. The predicted octanol–water partition coefficient (Wildman–Crippen LogP) is 3.11. The topological polar surface area (TPSA) is 24.9 Å². The molecule has 1 heterocycles. The summed E-state index contributed by atoms with van der Waals surface area (Å²) in [5, 5.41) is 4.73. The Hall–Kier alpha value is -1.51. The Balaban J connectivity index is 2.19. The zero-order valence-corrected chi connectivity index (χ0v) is 10.6. The van der Waals surface area contributed by atoms with Crippen molar-refractivity contribution in [1.82, 2.24) is 4.98 Å². The van der Waals surface area contributed by atoms with Crippen LogP contribution in [-0.4, -0.2) is 19.4 Å². The van der Waals surface area contributed by atoms with Crippen molar-refractivity contribution in [2.45, 2.75) is 32.0 Å². The second-order valence-corrected chi connectivity index (χ2v) is 4.85. The van der Waals surface area contributed by atoms with Crippen LogP contribution >= 0.6 is 0 Å². The molecule has 0 spiro atoms. The average molecular weight is 236 g/mol. The van der Waals surface area contributed by atoms with Crippen LogP contribution in [-0.2, 0) is 12.8 Å². The maximum absolute atomic E-state index is 5.62. The molecule has 1 aromatic heterocycles. The first kappa shape index (κ1) is 11.6. The molecule has 0 saturated heterocycles. The fourth-order valence-corrected chi connectivity index (χ4v) is 2.77. The summed E-state index contributed by atoms with van der Waals surface area (Å²) in [6.45, 7) is 0.820. The van der Waals surface area contributed by atoms with Gasteiger partial charge in [-0.25, -0.2) is 0 Å². The van der Waals surface area contributed by atoms with Gasteiger partial charge in [-0.05, 0) is 37.3 Å². The molecule has 3 rings (SSSR count). The van der Waals surface area contributed by atoms with Crippen molar-refractivity contribution in [3.63, 3.8) is 0 Å². The molecule has 18 heavy (non-hydrogen) atoms. The third kappa shape index (κ3) is 1.98. The number of hydrogen-bond acceptors (Lipinski definition) is 2. The molecule has 0 amide bonds. The van der Waals surface area contributed by atoms with Crippen LogP contribution < -0.4 is 5.32 Å². The lowest BCUT2D eigenvalue weighted by Gasteiger charge is -2.21. The van der Waals surface area contributed by atoms with E-state index in [-0.39, 0.29) is 0 Å². The summed E-state index contributed by atoms with van der Waals surface area (Å²) in [5.74, 6) is 0. The zero-order chi connectivity index (χ0) is 12.4. The Morgan fingerprint density at radius 2 is 2.00 bits per heavy atom. The van der Waals surface area contributed by atoms with E-state index in [1.54, 1.807) is 0 Å². The summed E-state index contributed by atoms with van der Waals surface area (Å²) in [7, 11) is 5.62. The van der Waals surface area contributed by atoms with Crippen LogP contribution in [0, 0.1) is 0 Å². The van der Waals surface area contributed by atoms with Crippen molar-refractivity contribution < 1.29 is 0 Å². The van der Waals surface area contributed by atoms with Crippen molar-refractivity contribution in [2.75, 3.05) is 11.9 Å². The minimum atomic E-state index is 0.658. The molecule has 90 valence electrons. The van der Waals surface area contributed by atoms with Gasteiger partial charge in [0.25, 0.3) is 0 Å². The van der Waals surface area contributed by atoms with Gasteiger partial charge in [-0.2, -0.15) is 0 Å². The van der Waals surface area contributed by atoms with E-state index in [9.17, 15) is 0 Å². The molecule has 3 heteroatoms. The van der Waals surface area contributed by atoms with Gasteiger partial charge < -0.3 is 5.32 Å². The standard InChI is InChI=1S/C15H17BN2/c16-9-10-17-15-11-5-1-3-7-13(11)18-14-8-4-2-6-12(14)15/h1,3,5,7H,2,4,6,8-10H2,(H,17,18). The van der Waals surface area contributed by atoms with Crippen molar-refractivity contribution in [2.24, 2.45) is 0 Å². The van der Waals surface area contributed by atoms with Crippen molar-refractivity contribution in [3.8, 4) is 0 Å². The Labute approximate surface area is 109 Å². The lowest BCUT2D eigenvalue weighted by atomic mass is 9.92. The van der Waals surface area contributed by atoms with E-state index < -0.39 is 0 Å². The van der Waals surface area contributed by atoms with E-state index in [2.05, 4.69) is 29.6 Å². The van der Waals surface area contributed by atoms with Crippen LogP contribution in [0.15, 0.2) is 24.3 Å². The molecule has 1 aliphatic carbocycles. The van der Waals surface area contributed by atoms with Gasteiger partial charge in [0.05, 0.1) is 13.4 Å². The molecular formula is C15H17BN2. The number of para-hydroxylation sites is 1. The molecule has 0 fully saturated rings. The first-order chi connectivity index (χ1) is 8.90. The third-order valence-corrected chi connectivity index (χ3v) is 3.62. The number of fused-ring (bicyclic) bond motifs is 2. The largest absolute Gasteiger partial charge is 0.385 e. The summed E-state index contributed by atoms with van der Waals surface area (Å²) >= 11 is 0. The van der Waals surface area contributed by atoms with Crippen LogP contribution in [0.4, 0.5) is 5.69 Å². The molecule has 2 nitrogen and oxygen atoms in total. The molecule has 0 saturated carbocycles. The number of aryl methyl sites for hydroxylation is 1. The van der Waals surface area contributed by atoms with E-state index in [0.717, 1.165) is 24.9 Å². The van der Waals surface area contributed by atoms with Crippen LogP contribution in [0.1, 0.15) is 24.1 Å². The molecule has 2 aromatic rings. The summed E-state index contributed by atoms with van der Waals surface area (Å²) < 4.78 is 0. The Morgan fingerprint density at radius 3 is 2.89 bits per heavy atom. The number of aromatic nitrogens is 1. The van der Waals surface area contributed by atoms with Gasteiger partial charge in [0.1, 0.15) is 0 Å². The molecule has 0 aliphatic heterocycles. The van der Waals surface area contributed by atoms with Crippen molar-refractivity contribution in [1.29, 1.82) is 0 Å². The molecule has 0 atom stereocenters. The maximum Gasteiger partial charge on any atom is 0.0726 e. The van der Waals surface area contributed by atoms with Crippen LogP contribution in [0.2, 0.25) is 6.32 Å². The number of anilines is 1. The zero-order valence-electron chi connectivity index (χ0n) is 10.6. The first-order valence-electron chi connectivity index (χ1n) is 6.74. The number of rotatable bonds is 3. The summed E-state index contributed by atoms with van der Waals surface area (Å²) in [6.07, 6.45) is 5.43. The quantitative estimate of drug-likeness (QED) is 0.828. The van der Waals surface area contributed by atoms with E-state index in [1.807, 2.05) is 0 Å². The molecule has 1 aliphatic rings. The number of hydrogen-bond donors (Lipinski definition) is 1. The Kier molecular flexibility index (Phi) is 3.22. The molecular weight excluding hydrogens is 219 g/mol. The SMILES string of the molecule is [B]CCNc1c2c(nc3ccccc13)CCCC2. The number of benzene rings is 1. The molecule has 2 radical (unpaired) electrons. The van der Waals surface area contributed by atoms with Crippen LogP contribution in [0.25, 0.3) is 10.9 Å². The highest BCUT2D eigenvalue weighted by Gasteiger charge is 2.17. The predicted molar refractivity (Wildman–Crippen MR) is 77.4 cm³/mol. The molecule has 1 aromatic carbocycles. The smallest absolute Gasteiger partial charge is 0.0726 e. The Bertz CT molecular complexity index is 566. The third-order valence-electron chi connectivity index (χ3n) is 3.62. The highest BCUT2D eigenvalue weighted by atomic mass is 14.9. The monoisotopic (exact) mass is 236 g/mol. The van der Waals surface area contributed by atoms with Crippen molar-refractivity contribution >= 4 is 24.4 Å². The molecule has 1 N–H and O–H groups in total. The normalized spacial score (nSPS) is 14.4. The van der Waals surface area contributed by atoms with Gasteiger partial charge in [0.15, 0.2) is 0 Å². The number of nitrogens with one attached hydrogen (secondary N) is 1. The Morgan fingerprint density at radius 1 is 1.17 bits per heavy atom. The highest BCUT2D eigenvalue weighted by molar-refractivity contribution is 6.08. The number of nitrogens with zero attached hydrogens (tertiary/aromatic N) is 1. The second-order valence-electron chi connectivity index (χ2n) is 4.85. The average Bonchev–Trinajstić information content (AvgIpc) is 2.43. The highest BCUT2D eigenvalue weighted by Crippen LogP contribution is 2.33. The minimum Gasteiger partial charge on any atom is -0.385 e. The van der Waals surface area contributed by atoms with Gasteiger partial charge in [0.2, 0.25) is 0 Å². The van der Waals surface area contributed by atoms with E-state index in [0.29, 0.717) is 6.32 Å². The lowest BCUT2D eigenvalue weighted by Crippen LogP contribution is -2.12. The molecule has 0 unspecified atom stereocenters. The second kappa shape index (κ2) is 5.01.